The van der Waals surface area contributed by atoms with Gasteiger partial charge in [-0.2, -0.15) is 0 Å². The van der Waals surface area contributed by atoms with Crippen LogP contribution in [0.4, 0.5) is 0 Å². The van der Waals surface area contributed by atoms with E-state index in [0.29, 0.717) is 0 Å². The third-order valence-corrected chi connectivity index (χ3v) is 10.5. The molecule has 0 spiro atoms. The van der Waals surface area contributed by atoms with Crippen LogP contribution in [0.1, 0.15) is 38.5 Å². The number of nitrogens with one attached hydrogen (secondary N) is 1. The lowest BCUT2D eigenvalue weighted by Crippen LogP contribution is -2.49. The van der Waals surface area contributed by atoms with Gasteiger partial charge in [-0.3, -0.25) is 19.3 Å². The van der Waals surface area contributed by atoms with Crippen molar-refractivity contribution >= 4 is 40.9 Å². The largest absolute Gasteiger partial charge is 0.480 e. The van der Waals surface area contributed by atoms with E-state index in [4.69, 9.17) is 0 Å². The first-order valence-electron chi connectivity index (χ1n) is 9.70. The number of thioether (sulfide) groups is 1. The van der Waals surface area contributed by atoms with Gasteiger partial charge in [-0.25, -0.2) is 4.79 Å². The number of carboxylic acid groups (broad SMARTS) is 1. The molecule has 1 saturated heterocycles. The van der Waals surface area contributed by atoms with Crippen molar-refractivity contribution in [3.63, 3.8) is 0 Å². The van der Waals surface area contributed by atoms with Gasteiger partial charge in [-0.15, -0.1) is 11.8 Å². The van der Waals surface area contributed by atoms with Crippen LogP contribution in [0.2, 0.25) is 0 Å². The second kappa shape index (κ2) is 5.72. The zero-order chi connectivity index (χ0) is 20.1. The molecule has 150 valence electrons. The Morgan fingerprint density at radius 3 is 2.54 bits per heavy atom. The third kappa shape index (κ3) is 2.01. The van der Waals surface area contributed by atoms with Crippen molar-refractivity contribution in [3.8, 4) is 0 Å². The second-order valence-corrected chi connectivity index (χ2v) is 10.9. The summed E-state index contributed by atoms with van der Waals surface area (Å²) in [6, 6.07) is -1.13. The van der Waals surface area contributed by atoms with Gasteiger partial charge >= 0.3 is 10.8 Å². The second-order valence-electron chi connectivity index (χ2n) is 8.73. The molecule has 4 aliphatic rings. The fourth-order valence-corrected chi connectivity index (χ4v) is 9.60. The van der Waals surface area contributed by atoms with Crippen molar-refractivity contribution in [1.82, 2.24) is 9.88 Å². The first-order valence-corrected chi connectivity index (χ1v) is 11.4. The normalized spacial score (nSPS) is 41.8. The van der Waals surface area contributed by atoms with E-state index in [1.165, 1.54) is 18.3 Å². The van der Waals surface area contributed by atoms with E-state index in [1.54, 1.807) is 11.8 Å². The Bertz CT molecular complexity index is 970. The van der Waals surface area contributed by atoms with Crippen LogP contribution in [-0.4, -0.2) is 44.1 Å². The molecule has 1 aromatic heterocycles. The molecule has 1 aromatic rings. The van der Waals surface area contributed by atoms with Crippen LogP contribution in [0.3, 0.4) is 0 Å². The van der Waals surface area contributed by atoms with E-state index in [2.05, 4.69) is 18.8 Å². The number of thiazole rings is 1. The summed E-state index contributed by atoms with van der Waals surface area (Å²) in [7, 11) is 0. The fourth-order valence-electron chi connectivity index (χ4n) is 6.41. The van der Waals surface area contributed by atoms with Gasteiger partial charge in [0.1, 0.15) is 6.04 Å². The number of aliphatic carboxylic acids is 1. The minimum Gasteiger partial charge on any atom is -0.480 e. The molecule has 0 radical (unpaired) electrons. The summed E-state index contributed by atoms with van der Waals surface area (Å²) >= 11 is 2.92. The molecular weight excluding hydrogens is 400 g/mol. The molecule has 7 nitrogen and oxygen atoms in total. The molecule has 3 heterocycles. The Hall–Kier alpha value is -1.61. The summed E-state index contributed by atoms with van der Waals surface area (Å²) in [6.45, 7) is 5.70. The smallest absolute Gasteiger partial charge is 0.326 e. The highest BCUT2D eigenvalue weighted by Crippen LogP contribution is 2.69. The Morgan fingerprint density at radius 2 is 1.93 bits per heavy atom. The maximum Gasteiger partial charge on any atom is 0.326 e. The SMILES string of the molecule is CC[C@@]1(C)c2sc(=O)[nH]c2SC2C3CC(C4C(=O)N(C(C)C(=O)O)C(=O)C34)C21. The van der Waals surface area contributed by atoms with Crippen LogP contribution in [0.5, 0.6) is 0 Å². The number of amides is 2. The van der Waals surface area contributed by atoms with Gasteiger partial charge in [0, 0.05) is 15.5 Å². The van der Waals surface area contributed by atoms with E-state index in [-0.39, 0.29) is 45.1 Å². The summed E-state index contributed by atoms with van der Waals surface area (Å²) in [5.41, 5.74) is -0.214. The number of carboxylic acids is 1. The molecular formula is C19H22N2O5S2. The number of rotatable bonds is 3. The van der Waals surface area contributed by atoms with Crippen LogP contribution in [0.15, 0.2) is 9.82 Å². The molecule has 2 saturated carbocycles. The lowest BCUT2D eigenvalue weighted by Gasteiger charge is -2.48. The van der Waals surface area contributed by atoms with E-state index < -0.39 is 23.8 Å². The van der Waals surface area contributed by atoms with Crippen molar-refractivity contribution in [2.24, 2.45) is 29.6 Å². The molecule has 2 bridgehead atoms. The molecule has 2 amide bonds. The van der Waals surface area contributed by atoms with Crippen molar-refractivity contribution in [3.05, 3.63) is 14.5 Å². The van der Waals surface area contributed by atoms with Crippen LogP contribution < -0.4 is 4.87 Å². The highest BCUT2D eigenvalue weighted by Gasteiger charge is 2.71. The molecule has 28 heavy (non-hydrogen) atoms. The van der Waals surface area contributed by atoms with Gasteiger partial charge in [-0.1, -0.05) is 25.2 Å². The quantitative estimate of drug-likeness (QED) is 0.721. The number of hydrogen-bond acceptors (Lipinski definition) is 6. The topological polar surface area (TPSA) is 108 Å². The molecule has 2 aliphatic heterocycles. The molecule has 5 rings (SSSR count). The summed E-state index contributed by atoms with van der Waals surface area (Å²) in [5.74, 6) is -2.29. The average Bonchev–Trinajstić information content (AvgIpc) is 3.36. The Kier molecular flexibility index (Phi) is 3.76. The maximum atomic E-state index is 13.1. The van der Waals surface area contributed by atoms with E-state index in [9.17, 15) is 24.3 Å². The van der Waals surface area contributed by atoms with Gasteiger partial charge in [0.05, 0.1) is 16.9 Å². The monoisotopic (exact) mass is 422 g/mol. The number of H-pyrrole nitrogens is 1. The number of imide groups is 1. The number of carbonyl (C=O) groups is 3. The Morgan fingerprint density at radius 1 is 1.29 bits per heavy atom. The minimum absolute atomic E-state index is 0.0508. The summed E-state index contributed by atoms with van der Waals surface area (Å²) in [5, 5.41) is 10.4. The minimum atomic E-state index is -1.15. The standard InChI is InChI=1S/C19H22N2O5S2/c1-4-19(3)11-7-5-8(12(11)27-14-13(19)28-18(26)20-14)10-9(7)15(22)21(16(10)23)6(2)17(24)25/h6-12H,4-5H2,1-3H3,(H,20,26)(H,24,25)/t6?,7?,8?,9?,10?,11?,12?,19-/m1/s1. The number of fused-ring (bicyclic) bond motifs is 9. The van der Waals surface area contributed by atoms with Gasteiger partial charge in [-0.05, 0) is 37.5 Å². The number of carbonyl (C=O) groups excluding carboxylic acids is 2. The molecule has 7 unspecified atom stereocenters. The molecule has 0 aromatic carbocycles. The van der Waals surface area contributed by atoms with Gasteiger partial charge in [0.25, 0.3) is 0 Å². The number of aromatic nitrogens is 1. The lowest BCUT2D eigenvalue weighted by molar-refractivity contribution is -0.154. The zero-order valence-corrected chi connectivity index (χ0v) is 17.4. The molecule has 9 heteroatoms. The predicted molar refractivity (Wildman–Crippen MR) is 103 cm³/mol. The van der Waals surface area contributed by atoms with Gasteiger partial charge < -0.3 is 10.1 Å². The molecule has 3 fully saturated rings. The number of nitrogens with zero attached hydrogens (tertiary/aromatic N) is 1. The maximum absolute atomic E-state index is 13.1. The van der Waals surface area contributed by atoms with E-state index in [0.717, 1.165) is 27.6 Å². The fraction of sp³-hybridized carbons (Fsp3) is 0.684. The lowest BCUT2D eigenvalue weighted by atomic mass is 9.62. The predicted octanol–water partition coefficient (Wildman–Crippen LogP) is 1.92. The Labute approximate surface area is 169 Å². The summed E-state index contributed by atoms with van der Waals surface area (Å²) < 4.78 is 0. The van der Waals surface area contributed by atoms with Crippen molar-refractivity contribution in [2.75, 3.05) is 0 Å². The van der Waals surface area contributed by atoms with Crippen molar-refractivity contribution in [2.45, 2.75) is 55.3 Å². The highest BCUT2D eigenvalue weighted by molar-refractivity contribution is 8.00. The first-order chi connectivity index (χ1) is 13.2. The zero-order valence-electron chi connectivity index (χ0n) is 15.8. The Balaban J connectivity index is 1.59. The molecule has 2 N–H and O–H groups in total. The first kappa shape index (κ1) is 18.4. The van der Waals surface area contributed by atoms with Gasteiger partial charge in [0.2, 0.25) is 11.8 Å². The van der Waals surface area contributed by atoms with E-state index in [1.807, 2.05) is 0 Å². The highest BCUT2D eigenvalue weighted by atomic mass is 32.2. The van der Waals surface area contributed by atoms with Crippen molar-refractivity contribution in [1.29, 1.82) is 0 Å². The summed E-state index contributed by atoms with van der Waals surface area (Å²) in [6.07, 6.45) is 1.69. The number of hydrogen-bond donors (Lipinski definition) is 2. The molecule has 2 aliphatic carbocycles. The summed E-state index contributed by atoms with van der Waals surface area (Å²) in [4.78, 5) is 54.6. The third-order valence-electron chi connectivity index (χ3n) is 7.74. The van der Waals surface area contributed by atoms with E-state index >= 15 is 0 Å². The van der Waals surface area contributed by atoms with Crippen LogP contribution in [0.25, 0.3) is 0 Å². The van der Waals surface area contributed by atoms with Crippen molar-refractivity contribution < 1.29 is 19.5 Å². The number of aromatic amines is 1. The van der Waals surface area contributed by atoms with Crippen LogP contribution in [0, 0.1) is 29.6 Å². The number of likely N-dealkylation sites (tertiary alicyclic amines) is 1. The van der Waals surface area contributed by atoms with Gasteiger partial charge in [0.15, 0.2) is 0 Å². The van der Waals surface area contributed by atoms with Crippen LogP contribution >= 0.6 is 23.1 Å². The molecule has 8 atom stereocenters. The van der Waals surface area contributed by atoms with Crippen LogP contribution in [-0.2, 0) is 19.8 Å². The average molecular weight is 423 g/mol.